The van der Waals surface area contributed by atoms with E-state index in [-0.39, 0.29) is 0 Å². The summed E-state index contributed by atoms with van der Waals surface area (Å²) in [5, 5.41) is 0. The van der Waals surface area contributed by atoms with E-state index >= 15 is 0 Å². The van der Waals surface area contributed by atoms with Gasteiger partial charge in [-0.25, -0.2) is 0 Å². The second kappa shape index (κ2) is 6.23. The molecule has 1 heterocycles. The van der Waals surface area contributed by atoms with E-state index < -0.39 is 11.1 Å². The van der Waals surface area contributed by atoms with E-state index in [1.54, 1.807) is 43.8 Å². The molecule has 5 heteroatoms. The number of rotatable bonds is 5. The van der Waals surface area contributed by atoms with Gasteiger partial charge in [0.2, 0.25) is 0 Å². The van der Waals surface area contributed by atoms with Crippen molar-refractivity contribution in [2.24, 2.45) is 0 Å². The molecule has 0 aliphatic carbocycles. The molecule has 0 aliphatic rings. The second-order valence-electron chi connectivity index (χ2n) is 4.52. The first kappa shape index (κ1) is 14.1. The quantitative estimate of drug-likeness (QED) is 0.781. The number of methoxy groups -OCH3 is 1. The highest BCUT2D eigenvalue weighted by Crippen LogP contribution is 2.12. The third-order valence-electron chi connectivity index (χ3n) is 3.16. The number of hydrogen-bond donors (Lipinski definition) is 0. The number of nitrogens with zero attached hydrogens (tertiary/aromatic N) is 2. The number of ether oxygens (including phenoxy) is 1. The molecule has 0 radical (unpaired) electrons. The van der Waals surface area contributed by atoms with Gasteiger partial charge in [0, 0.05) is 24.6 Å². The Balaban J connectivity index is 2.40. The minimum atomic E-state index is -0.534. The average Bonchev–Trinajstić information content (AvgIpc) is 2.49. The maximum atomic E-state index is 12.1. The minimum Gasteiger partial charge on any atom is -0.497 e. The van der Waals surface area contributed by atoms with Gasteiger partial charge in [-0.15, -0.1) is 0 Å². The van der Waals surface area contributed by atoms with Gasteiger partial charge in [-0.3, -0.25) is 14.2 Å². The second-order valence-corrected chi connectivity index (χ2v) is 4.52. The summed E-state index contributed by atoms with van der Waals surface area (Å²) in [6, 6.07) is 7.00. The molecule has 0 spiro atoms. The van der Waals surface area contributed by atoms with Crippen molar-refractivity contribution < 1.29 is 4.74 Å². The van der Waals surface area contributed by atoms with Crippen LogP contribution < -0.4 is 15.9 Å². The molecule has 5 nitrogen and oxygen atoms in total. The summed E-state index contributed by atoms with van der Waals surface area (Å²) in [6.45, 7) is 2.62. The zero-order valence-corrected chi connectivity index (χ0v) is 11.7. The highest BCUT2D eigenvalue weighted by Gasteiger charge is 2.06. The van der Waals surface area contributed by atoms with Gasteiger partial charge in [0.05, 0.1) is 7.11 Å². The van der Waals surface area contributed by atoms with Crippen molar-refractivity contribution in [1.29, 1.82) is 0 Å². The van der Waals surface area contributed by atoms with Gasteiger partial charge in [0.15, 0.2) is 0 Å². The molecule has 0 atom stereocenters. The molecular weight excluding hydrogens is 256 g/mol. The lowest BCUT2D eigenvalue weighted by Gasteiger charge is -2.09. The minimum absolute atomic E-state index is 0.489. The summed E-state index contributed by atoms with van der Waals surface area (Å²) in [4.78, 5) is 24.1. The Hall–Kier alpha value is -2.30. The summed E-state index contributed by atoms with van der Waals surface area (Å²) in [5.41, 5.74) is -0.374. The summed E-state index contributed by atoms with van der Waals surface area (Å²) < 4.78 is 7.88. The fraction of sp³-hybridized carbons (Fsp3) is 0.333. The molecule has 0 unspecified atom stereocenters. The van der Waals surface area contributed by atoms with Crippen LogP contribution in [0.15, 0.2) is 46.2 Å². The molecule has 106 valence electrons. The Kier molecular flexibility index (Phi) is 4.40. The number of aryl methyl sites for hydroxylation is 1. The highest BCUT2D eigenvalue weighted by molar-refractivity contribution is 5.37. The predicted octanol–water partition coefficient (Wildman–Crippen LogP) is 1.81. The van der Waals surface area contributed by atoms with Crippen molar-refractivity contribution in [2.75, 3.05) is 7.11 Å². The number of unbranched alkanes of at least 4 members (excludes halogenated alkanes) is 1. The number of aromatic nitrogens is 2. The average molecular weight is 274 g/mol. The topological polar surface area (TPSA) is 53.2 Å². The first-order chi connectivity index (χ1) is 9.67. The zero-order chi connectivity index (χ0) is 14.5. The van der Waals surface area contributed by atoms with Crippen LogP contribution in [0.3, 0.4) is 0 Å². The largest absolute Gasteiger partial charge is 0.497 e. The molecule has 1 aromatic heterocycles. The molecule has 0 amide bonds. The molecule has 0 saturated carbocycles. The first-order valence-corrected chi connectivity index (χ1v) is 6.64. The van der Waals surface area contributed by atoms with Crippen LogP contribution >= 0.6 is 0 Å². The van der Waals surface area contributed by atoms with Crippen LogP contribution in [0.2, 0.25) is 0 Å². The summed E-state index contributed by atoms with van der Waals surface area (Å²) in [7, 11) is 1.58. The SMILES string of the molecule is CCCCn1ccn(-c2ccc(OC)cc2)c(=O)c1=O. The normalized spacial score (nSPS) is 10.5. The fourth-order valence-electron chi connectivity index (χ4n) is 1.96. The van der Waals surface area contributed by atoms with Crippen LogP contribution in [0.5, 0.6) is 5.75 Å². The van der Waals surface area contributed by atoms with E-state index in [4.69, 9.17) is 4.74 Å². The van der Waals surface area contributed by atoms with E-state index in [0.717, 1.165) is 12.8 Å². The number of hydrogen-bond acceptors (Lipinski definition) is 3. The Bertz CT molecular complexity index is 684. The van der Waals surface area contributed by atoms with Crippen molar-refractivity contribution in [2.45, 2.75) is 26.3 Å². The Morgan fingerprint density at radius 1 is 1.05 bits per heavy atom. The van der Waals surface area contributed by atoms with E-state index in [1.165, 1.54) is 9.13 Å². The Morgan fingerprint density at radius 3 is 2.35 bits per heavy atom. The Labute approximate surface area is 117 Å². The predicted molar refractivity (Wildman–Crippen MR) is 77.8 cm³/mol. The van der Waals surface area contributed by atoms with Crippen LogP contribution in [-0.2, 0) is 6.54 Å². The number of benzene rings is 1. The van der Waals surface area contributed by atoms with Crippen LogP contribution in [-0.4, -0.2) is 16.2 Å². The van der Waals surface area contributed by atoms with E-state index in [9.17, 15) is 9.59 Å². The maximum absolute atomic E-state index is 12.1. The van der Waals surface area contributed by atoms with Crippen LogP contribution in [0.1, 0.15) is 19.8 Å². The monoisotopic (exact) mass is 274 g/mol. The molecular formula is C15H18N2O3. The third kappa shape index (κ3) is 2.82. The van der Waals surface area contributed by atoms with Crippen LogP contribution in [0.25, 0.3) is 5.69 Å². The smallest absolute Gasteiger partial charge is 0.320 e. The lowest BCUT2D eigenvalue weighted by atomic mass is 10.3. The van der Waals surface area contributed by atoms with Gasteiger partial charge in [-0.1, -0.05) is 13.3 Å². The van der Waals surface area contributed by atoms with Gasteiger partial charge in [-0.2, -0.15) is 0 Å². The molecule has 0 bridgehead atoms. The third-order valence-corrected chi connectivity index (χ3v) is 3.16. The molecule has 1 aromatic carbocycles. The first-order valence-electron chi connectivity index (χ1n) is 6.64. The van der Waals surface area contributed by atoms with Crippen molar-refractivity contribution in [3.05, 3.63) is 57.4 Å². The maximum Gasteiger partial charge on any atom is 0.320 e. The summed E-state index contributed by atoms with van der Waals surface area (Å²) >= 11 is 0. The van der Waals surface area contributed by atoms with E-state index in [1.807, 2.05) is 6.92 Å². The summed E-state index contributed by atoms with van der Waals surface area (Å²) in [6.07, 6.45) is 5.14. The van der Waals surface area contributed by atoms with Gasteiger partial charge >= 0.3 is 11.1 Å². The molecule has 0 aliphatic heterocycles. The lowest BCUT2D eigenvalue weighted by molar-refractivity contribution is 0.414. The standard InChI is InChI=1S/C15H18N2O3/c1-3-4-9-16-10-11-17(15(19)14(16)18)12-5-7-13(20-2)8-6-12/h5-8,10-11H,3-4,9H2,1-2H3. The highest BCUT2D eigenvalue weighted by atomic mass is 16.5. The van der Waals surface area contributed by atoms with Gasteiger partial charge in [0.25, 0.3) is 0 Å². The fourth-order valence-corrected chi connectivity index (χ4v) is 1.96. The van der Waals surface area contributed by atoms with Crippen molar-refractivity contribution >= 4 is 0 Å². The van der Waals surface area contributed by atoms with Gasteiger partial charge < -0.3 is 9.30 Å². The molecule has 2 rings (SSSR count). The van der Waals surface area contributed by atoms with Crippen LogP contribution in [0.4, 0.5) is 0 Å². The van der Waals surface area contributed by atoms with Crippen molar-refractivity contribution in [3.63, 3.8) is 0 Å². The van der Waals surface area contributed by atoms with Crippen LogP contribution in [0, 0.1) is 0 Å². The molecule has 0 N–H and O–H groups in total. The molecule has 20 heavy (non-hydrogen) atoms. The van der Waals surface area contributed by atoms with Gasteiger partial charge in [-0.05, 0) is 30.7 Å². The molecule has 0 fully saturated rings. The van der Waals surface area contributed by atoms with E-state index in [2.05, 4.69) is 0 Å². The molecule has 0 saturated heterocycles. The van der Waals surface area contributed by atoms with Crippen molar-refractivity contribution in [3.8, 4) is 11.4 Å². The zero-order valence-electron chi connectivity index (χ0n) is 11.7. The van der Waals surface area contributed by atoms with Crippen molar-refractivity contribution in [1.82, 2.24) is 9.13 Å². The lowest BCUT2D eigenvalue weighted by Crippen LogP contribution is -2.39. The summed E-state index contributed by atoms with van der Waals surface area (Å²) in [5.74, 6) is 0.707. The van der Waals surface area contributed by atoms with E-state index in [0.29, 0.717) is 18.0 Å². The Morgan fingerprint density at radius 2 is 1.75 bits per heavy atom. The molecule has 2 aromatic rings. The van der Waals surface area contributed by atoms with Gasteiger partial charge in [0.1, 0.15) is 5.75 Å².